The molecule has 0 bridgehead atoms. The zero-order valence-electron chi connectivity index (χ0n) is 11.5. The zero-order chi connectivity index (χ0) is 14.6. The lowest BCUT2D eigenvalue weighted by Crippen LogP contribution is -2.28. The van der Waals surface area contributed by atoms with Crippen molar-refractivity contribution in [2.75, 3.05) is 25.9 Å². The van der Waals surface area contributed by atoms with Crippen molar-refractivity contribution in [3.8, 4) is 5.75 Å². The van der Waals surface area contributed by atoms with Gasteiger partial charge in [0.15, 0.2) is 0 Å². The highest BCUT2D eigenvalue weighted by molar-refractivity contribution is 7.89. The molecule has 0 saturated heterocycles. The first-order chi connectivity index (χ1) is 8.78. The summed E-state index contributed by atoms with van der Waals surface area (Å²) in [7, 11) is -2.14. The molecule has 1 rings (SSSR count). The molecular formula is C13H20N2O3S. The minimum Gasteiger partial charge on any atom is -0.492 e. The van der Waals surface area contributed by atoms with Gasteiger partial charge in [0, 0.05) is 19.3 Å². The smallest absolute Gasteiger partial charge is 0.246 e. The molecule has 6 heteroatoms. The maximum Gasteiger partial charge on any atom is 0.246 e. The first kappa shape index (κ1) is 15.5. The summed E-state index contributed by atoms with van der Waals surface area (Å²) in [6.45, 7) is 7.92. The van der Waals surface area contributed by atoms with Crippen molar-refractivity contribution in [1.29, 1.82) is 0 Å². The Morgan fingerprint density at radius 1 is 1.47 bits per heavy atom. The van der Waals surface area contributed by atoms with Crippen LogP contribution in [0.5, 0.6) is 5.75 Å². The van der Waals surface area contributed by atoms with Gasteiger partial charge in [0.1, 0.15) is 10.6 Å². The third-order valence-electron chi connectivity index (χ3n) is 2.45. The molecule has 1 aromatic carbocycles. The summed E-state index contributed by atoms with van der Waals surface area (Å²) < 4.78 is 31.5. The lowest BCUT2D eigenvalue weighted by molar-refractivity contribution is 0.330. The Morgan fingerprint density at radius 3 is 2.63 bits per heavy atom. The lowest BCUT2D eigenvalue weighted by Gasteiger charge is -2.19. The largest absolute Gasteiger partial charge is 0.492 e. The van der Waals surface area contributed by atoms with Crippen molar-refractivity contribution < 1.29 is 13.2 Å². The number of benzene rings is 1. The van der Waals surface area contributed by atoms with E-state index in [1.807, 2.05) is 0 Å². The minimum atomic E-state index is -3.64. The van der Waals surface area contributed by atoms with E-state index in [-0.39, 0.29) is 11.4 Å². The maximum absolute atomic E-state index is 12.5. The molecule has 0 saturated carbocycles. The fourth-order valence-corrected chi connectivity index (χ4v) is 3.03. The highest BCUT2D eigenvalue weighted by Crippen LogP contribution is 2.28. The molecule has 1 aromatic rings. The molecule has 0 aliphatic rings. The predicted octanol–water partition coefficient (Wildman–Crippen LogP) is 1.86. The topological polar surface area (TPSA) is 72.6 Å². The Labute approximate surface area is 114 Å². The molecular weight excluding hydrogens is 264 g/mol. The van der Waals surface area contributed by atoms with E-state index in [2.05, 4.69) is 6.58 Å². The second kappa shape index (κ2) is 6.08. The number of likely N-dealkylation sites (N-methyl/N-ethyl adjacent to an activating group) is 1. The van der Waals surface area contributed by atoms with Gasteiger partial charge in [0.25, 0.3) is 0 Å². The van der Waals surface area contributed by atoms with Gasteiger partial charge in [0.2, 0.25) is 10.0 Å². The Hall–Kier alpha value is -1.53. The quantitative estimate of drug-likeness (QED) is 0.639. The van der Waals surface area contributed by atoms with Crippen LogP contribution in [0.1, 0.15) is 13.8 Å². The summed E-state index contributed by atoms with van der Waals surface area (Å²) in [6, 6.07) is 4.60. The molecule has 0 aliphatic carbocycles. The summed E-state index contributed by atoms with van der Waals surface area (Å²) >= 11 is 0. The van der Waals surface area contributed by atoms with Crippen LogP contribution < -0.4 is 10.5 Å². The van der Waals surface area contributed by atoms with Gasteiger partial charge in [-0.2, -0.15) is 4.31 Å². The second-order valence-corrected chi connectivity index (χ2v) is 6.37. The Morgan fingerprint density at radius 2 is 2.11 bits per heavy atom. The summed E-state index contributed by atoms with van der Waals surface area (Å²) in [5.74, 6) is 0.310. The van der Waals surface area contributed by atoms with E-state index in [9.17, 15) is 8.42 Å². The van der Waals surface area contributed by atoms with E-state index >= 15 is 0 Å². The number of hydrogen-bond donors (Lipinski definition) is 1. The van der Waals surface area contributed by atoms with E-state index < -0.39 is 10.0 Å². The van der Waals surface area contributed by atoms with E-state index in [1.54, 1.807) is 26.0 Å². The average molecular weight is 284 g/mol. The van der Waals surface area contributed by atoms with Gasteiger partial charge in [0.05, 0.1) is 6.61 Å². The summed E-state index contributed by atoms with van der Waals surface area (Å²) in [5.41, 5.74) is 6.80. The normalized spacial score (nSPS) is 11.6. The van der Waals surface area contributed by atoms with Gasteiger partial charge in [-0.1, -0.05) is 12.2 Å². The number of anilines is 1. The molecule has 0 aliphatic heterocycles. The number of sulfonamides is 1. The van der Waals surface area contributed by atoms with Crippen LogP contribution in [0, 0.1) is 0 Å². The number of hydrogen-bond acceptors (Lipinski definition) is 4. The van der Waals surface area contributed by atoms with Gasteiger partial charge in [-0.3, -0.25) is 0 Å². The van der Waals surface area contributed by atoms with Crippen molar-refractivity contribution >= 4 is 15.7 Å². The highest BCUT2D eigenvalue weighted by Gasteiger charge is 2.25. The number of nitrogen functional groups attached to an aromatic ring is 1. The molecule has 5 nitrogen and oxygen atoms in total. The molecule has 0 atom stereocenters. The van der Waals surface area contributed by atoms with Crippen LogP contribution in [-0.2, 0) is 10.0 Å². The van der Waals surface area contributed by atoms with E-state index in [0.29, 0.717) is 18.0 Å². The molecule has 0 heterocycles. The SMILES string of the molecule is C=C(C)CN(C)S(=O)(=O)c1cc(N)ccc1OCC. The molecule has 0 radical (unpaired) electrons. The van der Waals surface area contributed by atoms with E-state index in [0.717, 1.165) is 5.57 Å². The molecule has 0 aromatic heterocycles. The molecule has 0 spiro atoms. The zero-order valence-corrected chi connectivity index (χ0v) is 12.3. The number of nitrogens with two attached hydrogens (primary N) is 1. The van der Waals surface area contributed by atoms with Gasteiger partial charge in [-0.15, -0.1) is 0 Å². The lowest BCUT2D eigenvalue weighted by atomic mass is 10.3. The third-order valence-corrected chi connectivity index (χ3v) is 4.27. The van der Waals surface area contributed by atoms with Crippen LogP contribution >= 0.6 is 0 Å². The Bertz CT molecular complexity index is 567. The van der Waals surface area contributed by atoms with Crippen molar-refractivity contribution in [3.05, 3.63) is 30.4 Å². The fourth-order valence-electron chi connectivity index (χ4n) is 1.63. The Kier molecular flexibility index (Phi) is 4.97. The van der Waals surface area contributed by atoms with Crippen LogP contribution in [-0.4, -0.2) is 32.9 Å². The fraction of sp³-hybridized carbons (Fsp3) is 0.385. The van der Waals surface area contributed by atoms with E-state index in [4.69, 9.17) is 10.5 Å². The van der Waals surface area contributed by atoms with Crippen molar-refractivity contribution in [3.63, 3.8) is 0 Å². The number of nitrogens with zero attached hydrogens (tertiary/aromatic N) is 1. The van der Waals surface area contributed by atoms with Gasteiger partial charge < -0.3 is 10.5 Å². The number of rotatable bonds is 6. The number of ether oxygens (including phenoxy) is 1. The predicted molar refractivity (Wildman–Crippen MR) is 76.7 cm³/mol. The molecule has 0 amide bonds. The Balaban J connectivity index is 3.26. The monoisotopic (exact) mass is 284 g/mol. The van der Waals surface area contributed by atoms with Crippen LogP contribution in [0.3, 0.4) is 0 Å². The molecule has 106 valence electrons. The van der Waals surface area contributed by atoms with E-state index in [1.165, 1.54) is 17.4 Å². The first-order valence-electron chi connectivity index (χ1n) is 5.92. The second-order valence-electron chi connectivity index (χ2n) is 4.36. The summed E-state index contributed by atoms with van der Waals surface area (Å²) in [4.78, 5) is 0.0816. The van der Waals surface area contributed by atoms with Crippen LogP contribution in [0.4, 0.5) is 5.69 Å². The van der Waals surface area contributed by atoms with Crippen molar-refractivity contribution in [2.24, 2.45) is 0 Å². The van der Waals surface area contributed by atoms with Gasteiger partial charge in [-0.05, 0) is 32.0 Å². The summed E-state index contributed by atoms with van der Waals surface area (Å²) in [5, 5.41) is 0. The molecule has 0 unspecified atom stereocenters. The highest BCUT2D eigenvalue weighted by atomic mass is 32.2. The van der Waals surface area contributed by atoms with Gasteiger partial charge >= 0.3 is 0 Å². The van der Waals surface area contributed by atoms with Crippen LogP contribution in [0.25, 0.3) is 0 Å². The van der Waals surface area contributed by atoms with Gasteiger partial charge in [-0.25, -0.2) is 8.42 Å². The molecule has 0 fully saturated rings. The standard InChI is InChI=1S/C13H20N2O3S/c1-5-18-12-7-6-11(14)8-13(12)19(16,17)15(4)9-10(2)3/h6-8H,2,5,9,14H2,1,3-4H3. The first-order valence-corrected chi connectivity index (χ1v) is 7.36. The maximum atomic E-state index is 12.5. The third kappa shape index (κ3) is 3.71. The van der Waals surface area contributed by atoms with Crippen molar-refractivity contribution in [1.82, 2.24) is 4.31 Å². The average Bonchev–Trinajstić information content (AvgIpc) is 2.30. The van der Waals surface area contributed by atoms with Crippen LogP contribution in [0.15, 0.2) is 35.2 Å². The molecule has 19 heavy (non-hydrogen) atoms. The molecule has 2 N–H and O–H groups in total. The summed E-state index contributed by atoms with van der Waals surface area (Å²) in [6.07, 6.45) is 0. The minimum absolute atomic E-state index is 0.0816. The van der Waals surface area contributed by atoms with Crippen LogP contribution in [0.2, 0.25) is 0 Å². The van der Waals surface area contributed by atoms with Crippen molar-refractivity contribution in [2.45, 2.75) is 18.7 Å².